The molecule has 106 valence electrons. The van der Waals surface area contributed by atoms with Crippen molar-refractivity contribution in [2.24, 2.45) is 16.3 Å². The smallest absolute Gasteiger partial charge is 0.144 e. The van der Waals surface area contributed by atoms with Crippen LogP contribution in [-0.4, -0.2) is 17.6 Å². The van der Waals surface area contributed by atoms with E-state index in [1.54, 1.807) is 6.07 Å². The molecule has 0 aliphatic carbocycles. The Balaban J connectivity index is 2.27. The van der Waals surface area contributed by atoms with Gasteiger partial charge in [0.25, 0.3) is 0 Å². The number of benzene rings is 1. The van der Waals surface area contributed by atoms with Crippen LogP contribution in [0.5, 0.6) is 5.75 Å². The second-order valence-corrected chi connectivity index (χ2v) is 5.51. The third kappa shape index (κ3) is 4.99. The lowest BCUT2D eigenvalue weighted by atomic mass is 9.86. The molecule has 0 saturated heterocycles. The van der Waals surface area contributed by atoms with Crippen molar-refractivity contribution >= 4 is 17.4 Å². The Kier molecular flexibility index (Phi) is 5.96. The van der Waals surface area contributed by atoms with Crippen LogP contribution < -0.4 is 10.5 Å². The summed E-state index contributed by atoms with van der Waals surface area (Å²) in [5.74, 6) is 0.972. The van der Waals surface area contributed by atoms with Gasteiger partial charge in [-0.1, -0.05) is 42.7 Å². The van der Waals surface area contributed by atoms with Crippen molar-refractivity contribution in [1.82, 2.24) is 0 Å². The Morgan fingerprint density at radius 1 is 1.37 bits per heavy atom. The maximum Gasteiger partial charge on any atom is 0.144 e. The molecule has 0 bridgehead atoms. The first kappa shape index (κ1) is 15.6. The summed E-state index contributed by atoms with van der Waals surface area (Å²) < 4.78 is 5.60. The zero-order valence-corrected chi connectivity index (χ0v) is 12.2. The number of unbranched alkanes of at least 4 members (excludes halogenated alkanes) is 1. The van der Waals surface area contributed by atoms with E-state index in [2.05, 4.69) is 5.16 Å². The van der Waals surface area contributed by atoms with Crippen molar-refractivity contribution in [3.8, 4) is 5.75 Å². The van der Waals surface area contributed by atoms with E-state index in [-0.39, 0.29) is 11.3 Å². The molecule has 0 radical (unpaired) electrons. The van der Waals surface area contributed by atoms with Gasteiger partial charge in [0, 0.05) is 5.41 Å². The van der Waals surface area contributed by atoms with Gasteiger partial charge in [-0.25, -0.2) is 0 Å². The summed E-state index contributed by atoms with van der Waals surface area (Å²) in [5, 5.41) is 12.4. The first-order chi connectivity index (χ1) is 8.97. The summed E-state index contributed by atoms with van der Waals surface area (Å²) in [4.78, 5) is 0. The molecule has 0 heterocycles. The van der Waals surface area contributed by atoms with E-state index in [1.807, 2.05) is 32.0 Å². The van der Waals surface area contributed by atoms with Crippen LogP contribution in [0.3, 0.4) is 0 Å². The zero-order chi connectivity index (χ0) is 14.3. The second kappa shape index (κ2) is 7.24. The molecule has 0 aromatic heterocycles. The Bertz CT molecular complexity index is 433. The summed E-state index contributed by atoms with van der Waals surface area (Å²) in [5.41, 5.74) is 5.34. The number of oxime groups is 1. The molecule has 1 rings (SSSR count). The molecule has 1 aromatic rings. The van der Waals surface area contributed by atoms with Gasteiger partial charge in [0.2, 0.25) is 0 Å². The van der Waals surface area contributed by atoms with E-state index < -0.39 is 0 Å². The summed E-state index contributed by atoms with van der Waals surface area (Å²) in [6.45, 7) is 4.52. The predicted molar refractivity (Wildman–Crippen MR) is 78.0 cm³/mol. The number of nitrogens with two attached hydrogens (primary N) is 1. The van der Waals surface area contributed by atoms with Crippen LogP contribution in [0.4, 0.5) is 0 Å². The molecule has 0 fully saturated rings. The molecular formula is C14H21ClN2O2. The first-order valence-electron chi connectivity index (χ1n) is 6.32. The Morgan fingerprint density at radius 2 is 2.05 bits per heavy atom. The van der Waals surface area contributed by atoms with Crippen molar-refractivity contribution in [2.45, 2.75) is 33.1 Å². The number of nitrogens with zero attached hydrogens (tertiary/aromatic N) is 1. The number of halogens is 1. The van der Waals surface area contributed by atoms with Crippen LogP contribution >= 0.6 is 11.6 Å². The van der Waals surface area contributed by atoms with Crippen molar-refractivity contribution in [1.29, 1.82) is 0 Å². The standard InChI is InChI=1S/C14H21ClN2O2/c1-14(2,13(16)17-18)9-5-6-10-19-12-8-4-3-7-11(12)15/h3-4,7-8,18H,5-6,9-10H2,1-2H3,(H2,16,17). The molecule has 0 aliphatic rings. The maximum atomic E-state index is 8.68. The van der Waals surface area contributed by atoms with E-state index >= 15 is 0 Å². The Hall–Kier alpha value is -1.42. The molecule has 0 spiro atoms. The molecule has 0 amide bonds. The number of hydrogen-bond donors (Lipinski definition) is 2. The minimum Gasteiger partial charge on any atom is -0.492 e. The van der Waals surface area contributed by atoms with Gasteiger partial charge in [-0.05, 0) is 31.4 Å². The fourth-order valence-electron chi connectivity index (χ4n) is 1.68. The third-order valence-corrected chi connectivity index (χ3v) is 3.40. The number of hydrogen-bond acceptors (Lipinski definition) is 3. The van der Waals surface area contributed by atoms with Gasteiger partial charge in [-0.2, -0.15) is 0 Å². The van der Waals surface area contributed by atoms with E-state index in [4.69, 9.17) is 27.3 Å². The highest BCUT2D eigenvalue weighted by Crippen LogP contribution is 2.25. The highest BCUT2D eigenvalue weighted by molar-refractivity contribution is 6.32. The van der Waals surface area contributed by atoms with Crippen LogP contribution in [0.2, 0.25) is 5.02 Å². The molecule has 0 aliphatic heterocycles. The number of amidine groups is 1. The maximum absolute atomic E-state index is 8.68. The summed E-state index contributed by atoms with van der Waals surface area (Å²) in [6, 6.07) is 7.42. The molecule has 4 nitrogen and oxygen atoms in total. The minimum atomic E-state index is -0.293. The van der Waals surface area contributed by atoms with Crippen LogP contribution in [-0.2, 0) is 0 Å². The lowest BCUT2D eigenvalue weighted by Crippen LogP contribution is -2.31. The first-order valence-corrected chi connectivity index (χ1v) is 6.70. The Labute approximate surface area is 119 Å². The fraction of sp³-hybridized carbons (Fsp3) is 0.500. The predicted octanol–water partition coefficient (Wildman–Crippen LogP) is 3.66. The van der Waals surface area contributed by atoms with Gasteiger partial charge < -0.3 is 15.7 Å². The average molecular weight is 285 g/mol. The quantitative estimate of drug-likeness (QED) is 0.264. The minimum absolute atomic E-state index is 0.263. The van der Waals surface area contributed by atoms with E-state index in [9.17, 15) is 0 Å². The number of ether oxygens (including phenoxy) is 1. The summed E-state index contributed by atoms with van der Waals surface area (Å²) >= 11 is 5.98. The average Bonchev–Trinajstić information content (AvgIpc) is 2.39. The SMILES string of the molecule is CC(C)(CCCCOc1ccccc1Cl)/C(N)=N/O. The zero-order valence-electron chi connectivity index (χ0n) is 11.4. The molecule has 0 unspecified atom stereocenters. The summed E-state index contributed by atoms with van der Waals surface area (Å²) in [7, 11) is 0. The normalized spacial score (nSPS) is 12.5. The van der Waals surface area contributed by atoms with Crippen LogP contribution in [0, 0.1) is 5.41 Å². The van der Waals surface area contributed by atoms with Crippen molar-refractivity contribution in [3.63, 3.8) is 0 Å². The largest absolute Gasteiger partial charge is 0.492 e. The van der Waals surface area contributed by atoms with Gasteiger partial charge in [-0.15, -0.1) is 0 Å². The monoisotopic (exact) mass is 284 g/mol. The molecule has 1 aromatic carbocycles. The van der Waals surface area contributed by atoms with Gasteiger partial charge >= 0.3 is 0 Å². The fourth-order valence-corrected chi connectivity index (χ4v) is 1.87. The molecule has 5 heteroatoms. The van der Waals surface area contributed by atoms with Crippen molar-refractivity contribution < 1.29 is 9.94 Å². The van der Waals surface area contributed by atoms with Crippen molar-refractivity contribution in [2.75, 3.05) is 6.61 Å². The van der Waals surface area contributed by atoms with Gasteiger partial charge in [0.1, 0.15) is 11.6 Å². The van der Waals surface area contributed by atoms with Crippen LogP contribution in [0.25, 0.3) is 0 Å². The van der Waals surface area contributed by atoms with E-state index in [0.29, 0.717) is 17.4 Å². The van der Waals surface area contributed by atoms with Gasteiger partial charge in [0.15, 0.2) is 0 Å². The third-order valence-electron chi connectivity index (χ3n) is 3.09. The van der Waals surface area contributed by atoms with Crippen molar-refractivity contribution in [3.05, 3.63) is 29.3 Å². The lowest BCUT2D eigenvalue weighted by Gasteiger charge is -2.22. The van der Waals surface area contributed by atoms with Gasteiger partial charge in [-0.3, -0.25) is 0 Å². The topological polar surface area (TPSA) is 67.8 Å². The van der Waals surface area contributed by atoms with E-state index in [1.165, 1.54) is 0 Å². The molecular weight excluding hydrogens is 264 g/mol. The number of para-hydroxylation sites is 1. The van der Waals surface area contributed by atoms with E-state index in [0.717, 1.165) is 19.3 Å². The highest BCUT2D eigenvalue weighted by Gasteiger charge is 2.22. The molecule has 3 N–H and O–H groups in total. The lowest BCUT2D eigenvalue weighted by molar-refractivity contribution is 0.288. The summed E-state index contributed by atoms with van der Waals surface area (Å²) in [6.07, 6.45) is 2.68. The molecule has 0 saturated carbocycles. The highest BCUT2D eigenvalue weighted by atomic mass is 35.5. The van der Waals surface area contributed by atoms with Gasteiger partial charge in [0.05, 0.1) is 11.6 Å². The second-order valence-electron chi connectivity index (χ2n) is 5.11. The molecule has 0 atom stereocenters. The number of rotatable bonds is 7. The Morgan fingerprint density at radius 3 is 2.68 bits per heavy atom. The van der Waals surface area contributed by atoms with Crippen LogP contribution in [0.15, 0.2) is 29.4 Å². The van der Waals surface area contributed by atoms with Crippen LogP contribution in [0.1, 0.15) is 33.1 Å². The molecule has 19 heavy (non-hydrogen) atoms.